The first-order chi connectivity index (χ1) is 6.29. The van der Waals surface area contributed by atoms with Crippen LogP contribution in [0.5, 0.6) is 0 Å². The van der Waals surface area contributed by atoms with Crippen LogP contribution in [0.3, 0.4) is 0 Å². The van der Waals surface area contributed by atoms with E-state index in [1.165, 1.54) is 0 Å². The summed E-state index contributed by atoms with van der Waals surface area (Å²) in [6, 6.07) is 0. The summed E-state index contributed by atoms with van der Waals surface area (Å²) in [5.41, 5.74) is 0. The molecule has 1 aromatic heterocycles. The molecule has 0 saturated heterocycles. The number of aromatic nitrogens is 2. The fourth-order valence-corrected chi connectivity index (χ4v) is 1.90. The Morgan fingerprint density at radius 2 is 2.38 bits per heavy atom. The zero-order valence-electron chi connectivity index (χ0n) is 7.37. The molecule has 1 aromatic rings. The second-order valence-corrected chi connectivity index (χ2v) is 4.00. The van der Waals surface area contributed by atoms with E-state index in [0.717, 1.165) is 22.5 Å². The third-order valence-corrected chi connectivity index (χ3v) is 2.61. The molecular weight excluding hydrogens is 300 g/mol. The molecule has 1 rings (SSSR count). The Morgan fingerprint density at radius 1 is 1.62 bits per heavy atom. The normalized spacial score (nSPS) is 10.1. The van der Waals surface area contributed by atoms with Gasteiger partial charge in [0, 0.05) is 25.2 Å². The number of hydrogen-bond acceptors (Lipinski definition) is 3. The minimum Gasteiger partial charge on any atom is -0.355 e. The molecule has 0 fully saturated rings. The van der Waals surface area contributed by atoms with Crippen LogP contribution >= 0.6 is 34.2 Å². The van der Waals surface area contributed by atoms with E-state index in [1.807, 2.05) is 0 Å². The SMILES string of the molecule is CCN(CCCl)c1ncncc1I. The summed E-state index contributed by atoms with van der Waals surface area (Å²) in [6.07, 6.45) is 3.37. The second-order valence-electron chi connectivity index (χ2n) is 2.46. The van der Waals surface area contributed by atoms with Gasteiger partial charge in [-0.1, -0.05) is 0 Å². The molecule has 0 spiro atoms. The fourth-order valence-electron chi connectivity index (χ4n) is 1.05. The largest absolute Gasteiger partial charge is 0.355 e. The Labute approximate surface area is 96.7 Å². The Bertz CT molecular complexity index is 269. The number of halogens is 2. The van der Waals surface area contributed by atoms with Crippen molar-refractivity contribution in [3.05, 3.63) is 16.1 Å². The van der Waals surface area contributed by atoms with Gasteiger partial charge < -0.3 is 4.90 Å². The number of alkyl halides is 1. The van der Waals surface area contributed by atoms with Crippen LogP contribution in [0.2, 0.25) is 0 Å². The summed E-state index contributed by atoms with van der Waals surface area (Å²) in [6.45, 7) is 3.83. The van der Waals surface area contributed by atoms with Gasteiger partial charge in [-0.3, -0.25) is 0 Å². The number of rotatable bonds is 4. The number of nitrogens with zero attached hydrogens (tertiary/aromatic N) is 3. The van der Waals surface area contributed by atoms with Gasteiger partial charge in [0.15, 0.2) is 0 Å². The molecule has 0 aliphatic rings. The maximum Gasteiger partial charge on any atom is 0.145 e. The highest BCUT2D eigenvalue weighted by Crippen LogP contribution is 2.17. The molecule has 0 unspecified atom stereocenters. The van der Waals surface area contributed by atoms with E-state index in [0.29, 0.717) is 5.88 Å². The van der Waals surface area contributed by atoms with Crippen LogP contribution in [0, 0.1) is 3.57 Å². The molecule has 5 heteroatoms. The average molecular weight is 312 g/mol. The van der Waals surface area contributed by atoms with Gasteiger partial charge in [-0.05, 0) is 29.5 Å². The molecule has 13 heavy (non-hydrogen) atoms. The number of anilines is 1. The van der Waals surface area contributed by atoms with Crippen molar-refractivity contribution in [3.8, 4) is 0 Å². The highest BCUT2D eigenvalue weighted by molar-refractivity contribution is 14.1. The first-order valence-corrected chi connectivity index (χ1v) is 5.67. The van der Waals surface area contributed by atoms with Crippen molar-refractivity contribution in [3.63, 3.8) is 0 Å². The molecule has 0 radical (unpaired) electrons. The standard InChI is InChI=1S/C8H11ClIN3/c1-2-13(4-3-9)8-7(10)5-11-6-12-8/h5-6H,2-4H2,1H3. The lowest BCUT2D eigenvalue weighted by Gasteiger charge is -2.21. The molecule has 0 N–H and O–H groups in total. The Morgan fingerprint density at radius 3 is 2.92 bits per heavy atom. The van der Waals surface area contributed by atoms with Gasteiger partial charge in [-0.15, -0.1) is 11.6 Å². The van der Waals surface area contributed by atoms with Gasteiger partial charge >= 0.3 is 0 Å². The lowest BCUT2D eigenvalue weighted by atomic mass is 10.4. The van der Waals surface area contributed by atoms with Crippen LogP contribution in [0.4, 0.5) is 5.82 Å². The molecule has 0 aliphatic carbocycles. The van der Waals surface area contributed by atoms with E-state index in [1.54, 1.807) is 12.5 Å². The zero-order chi connectivity index (χ0) is 9.68. The fraction of sp³-hybridized carbons (Fsp3) is 0.500. The van der Waals surface area contributed by atoms with Crippen molar-refractivity contribution in [2.75, 3.05) is 23.9 Å². The zero-order valence-corrected chi connectivity index (χ0v) is 10.3. The van der Waals surface area contributed by atoms with Gasteiger partial charge in [-0.2, -0.15) is 0 Å². The average Bonchev–Trinajstić information content (AvgIpc) is 2.16. The topological polar surface area (TPSA) is 29.0 Å². The summed E-state index contributed by atoms with van der Waals surface area (Å²) in [5.74, 6) is 1.59. The molecule has 0 aromatic carbocycles. The van der Waals surface area contributed by atoms with Crippen molar-refractivity contribution in [2.45, 2.75) is 6.92 Å². The van der Waals surface area contributed by atoms with Gasteiger partial charge in [0.25, 0.3) is 0 Å². The minimum atomic E-state index is 0.619. The quantitative estimate of drug-likeness (QED) is 0.630. The van der Waals surface area contributed by atoms with Crippen molar-refractivity contribution in [1.29, 1.82) is 0 Å². The van der Waals surface area contributed by atoms with Crippen LogP contribution in [0.1, 0.15) is 6.92 Å². The molecule has 0 atom stereocenters. The summed E-state index contributed by atoms with van der Waals surface area (Å²) in [4.78, 5) is 10.3. The highest BCUT2D eigenvalue weighted by atomic mass is 127. The highest BCUT2D eigenvalue weighted by Gasteiger charge is 2.08. The van der Waals surface area contributed by atoms with Crippen LogP contribution in [-0.2, 0) is 0 Å². The van der Waals surface area contributed by atoms with E-state index in [4.69, 9.17) is 11.6 Å². The van der Waals surface area contributed by atoms with Crippen molar-refractivity contribution in [1.82, 2.24) is 9.97 Å². The Hall–Kier alpha value is -0.100. The van der Waals surface area contributed by atoms with Gasteiger partial charge in [0.2, 0.25) is 0 Å². The smallest absolute Gasteiger partial charge is 0.145 e. The van der Waals surface area contributed by atoms with Gasteiger partial charge in [0.1, 0.15) is 12.1 Å². The summed E-state index contributed by atoms with van der Waals surface area (Å²) in [7, 11) is 0. The Balaban J connectivity index is 2.84. The lowest BCUT2D eigenvalue weighted by Crippen LogP contribution is -2.26. The molecule has 0 amide bonds. The van der Waals surface area contributed by atoms with E-state index in [-0.39, 0.29) is 0 Å². The van der Waals surface area contributed by atoms with Crippen LogP contribution in [0.15, 0.2) is 12.5 Å². The molecule has 0 saturated carbocycles. The lowest BCUT2D eigenvalue weighted by molar-refractivity contribution is 0.840. The second kappa shape index (κ2) is 5.59. The Kier molecular flexibility index (Phi) is 4.72. The molecule has 1 heterocycles. The van der Waals surface area contributed by atoms with Gasteiger partial charge in [0.05, 0.1) is 3.57 Å². The van der Waals surface area contributed by atoms with E-state index in [2.05, 4.69) is 44.4 Å². The maximum atomic E-state index is 5.69. The van der Waals surface area contributed by atoms with Crippen LogP contribution < -0.4 is 4.90 Å². The minimum absolute atomic E-state index is 0.619. The molecular formula is C8H11ClIN3. The summed E-state index contributed by atoms with van der Waals surface area (Å²) >= 11 is 7.92. The first-order valence-electron chi connectivity index (χ1n) is 4.06. The summed E-state index contributed by atoms with van der Waals surface area (Å²) in [5, 5.41) is 0. The van der Waals surface area contributed by atoms with E-state index >= 15 is 0 Å². The molecule has 0 bridgehead atoms. The third-order valence-electron chi connectivity index (χ3n) is 1.68. The van der Waals surface area contributed by atoms with Crippen molar-refractivity contribution < 1.29 is 0 Å². The predicted octanol–water partition coefficient (Wildman–Crippen LogP) is 2.15. The van der Waals surface area contributed by atoms with Crippen molar-refractivity contribution >= 4 is 40.0 Å². The molecule has 3 nitrogen and oxygen atoms in total. The molecule has 72 valence electrons. The third kappa shape index (κ3) is 2.95. The molecule has 0 aliphatic heterocycles. The first kappa shape index (κ1) is 11.0. The number of hydrogen-bond donors (Lipinski definition) is 0. The van der Waals surface area contributed by atoms with Gasteiger partial charge in [-0.25, -0.2) is 9.97 Å². The van der Waals surface area contributed by atoms with Crippen LogP contribution in [0.25, 0.3) is 0 Å². The monoisotopic (exact) mass is 311 g/mol. The maximum absolute atomic E-state index is 5.69. The predicted molar refractivity (Wildman–Crippen MR) is 63.4 cm³/mol. The van der Waals surface area contributed by atoms with Crippen molar-refractivity contribution in [2.24, 2.45) is 0 Å². The van der Waals surface area contributed by atoms with E-state index in [9.17, 15) is 0 Å². The summed E-state index contributed by atoms with van der Waals surface area (Å²) < 4.78 is 1.06. The van der Waals surface area contributed by atoms with Crippen LogP contribution in [-0.4, -0.2) is 28.9 Å². The van der Waals surface area contributed by atoms with E-state index < -0.39 is 0 Å².